The van der Waals surface area contributed by atoms with Crippen LogP contribution in [0.4, 0.5) is 0 Å². The van der Waals surface area contributed by atoms with Crippen molar-refractivity contribution < 1.29 is 33.8 Å². The monoisotopic (exact) mass is 567 g/mol. The highest BCUT2D eigenvalue weighted by atomic mass is 33.1. The van der Waals surface area contributed by atoms with E-state index in [4.69, 9.17) is 0 Å². The Balaban J connectivity index is 2.56. The summed E-state index contributed by atoms with van der Waals surface area (Å²) in [5, 5.41) is 15.7. The number of hydrogen-bond acceptors (Lipinski definition) is 9. The molecule has 0 aliphatic carbocycles. The third kappa shape index (κ3) is 13.6. The predicted octanol–water partition coefficient (Wildman–Crippen LogP) is 3.56. The SMILES string of the molecule is COC(=O)CC/C(C(=O)N[C@@H](CC(C)C)C(=O)CCCNC(=O)CCSSc1ccccn1)=C(\C)C(=O)O. The largest absolute Gasteiger partial charge is 0.478 e. The van der Waals surface area contributed by atoms with Crippen LogP contribution < -0.4 is 10.6 Å². The van der Waals surface area contributed by atoms with Crippen molar-refractivity contribution in [1.82, 2.24) is 15.6 Å². The van der Waals surface area contributed by atoms with Crippen LogP contribution in [0.3, 0.4) is 0 Å². The summed E-state index contributed by atoms with van der Waals surface area (Å²) in [4.78, 5) is 65.1. The highest BCUT2D eigenvalue weighted by molar-refractivity contribution is 8.76. The number of nitrogens with zero attached hydrogens (tertiary/aromatic N) is 1. The number of methoxy groups -OCH3 is 1. The molecule has 210 valence electrons. The number of hydrogen-bond donors (Lipinski definition) is 3. The Hall–Kier alpha value is -2.86. The molecule has 0 aliphatic rings. The normalized spacial score (nSPS) is 12.3. The molecule has 1 atom stereocenters. The first kappa shape index (κ1) is 33.2. The van der Waals surface area contributed by atoms with Gasteiger partial charge in [0.15, 0.2) is 5.78 Å². The Morgan fingerprint density at radius 1 is 1.08 bits per heavy atom. The molecule has 10 nitrogen and oxygen atoms in total. The summed E-state index contributed by atoms with van der Waals surface area (Å²) >= 11 is 0. The van der Waals surface area contributed by atoms with Crippen LogP contribution >= 0.6 is 21.6 Å². The van der Waals surface area contributed by atoms with E-state index in [2.05, 4.69) is 20.4 Å². The molecule has 0 bridgehead atoms. The fraction of sp³-hybridized carbons (Fsp3) is 0.538. The second-order valence-electron chi connectivity index (χ2n) is 8.88. The molecule has 12 heteroatoms. The minimum atomic E-state index is -1.28. The van der Waals surface area contributed by atoms with Gasteiger partial charge in [0.25, 0.3) is 0 Å². The standard InChI is InChI=1S/C26H37N3O7S2/c1-17(2)16-20(29-25(33)19(18(3)26(34)35)10-11-24(32)36-4)21(30)8-7-14-27-22(31)12-15-37-38-23-9-5-6-13-28-23/h5-6,9,13,17,20H,7-8,10-12,14-16H2,1-4H3,(H,27,31)(H,29,33)(H,34,35)/b19-18-/t20-/m0/s1. The number of aromatic nitrogens is 1. The van der Waals surface area contributed by atoms with Gasteiger partial charge in [-0.25, -0.2) is 9.78 Å². The van der Waals surface area contributed by atoms with Crippen LogP contribution in [-0.4, -0.2) is 65.1 Å². The summed E-state index contributed by atoms with van der Waals surface area (Å²) in [7, 11) is 4.25. The molecule has 0 spiro atoms. The van der Waals surface area contributed by atoms with Crippen molar-refractivity contribution in [3.8, 4) is 0 Å². The quantitative estimate of drug-likeness (QED) is 0.104. The van der Waals surface area contributed by atoms with Crippen molar-refractivity contribution >= 4 is 51.1 Å². The van der Waals surface area contributed by atoms with Gasteiger partial charge in [0, 0.05) is 48.9 Å². The lowest BCUT2D eigenvalue weighted by molar-refractivity contribution is -0.140. The number of ketones is 1. The van der Waals surface area contributed by atoms with E-state index in [1.807, 2.05) is 32.0 Å². The zero-order valence-electron chi connectivity index (χ0n) is 22.3. The van der Waals surface area contributed by atoms with E-state index in [1.165, 1.54) is 35.6 Å². The molecule has 1 aromatic rings. The summed E-state index contributed by atoms with van der Waals surface area (Å²) in [6.07, 6.45) is 2.69. The van der Waals surface area contributed by atoms with E-state index in [0.717, 1.165) is 5.03 Å². The Kier molecular flexibility index (Phi) is 16.1. The van der Waals surface area contributed by atoms with Crippen LogP contribution in [0.5, 0.6) is 0 Å². The third-order valence-electron chi connectivity index (χ3n) is 5.37. The van der Waals surface area contributed by atoms with Crippen molar-refractivity contribution in [2.24, 2.45) is 5.92 Å². The zero-order chi connectivity index (χ0) is 28.5. The average molecular weight is 568 g/mol. The number of carbonyl (C=O) groups excluding carboxylic acids is 4. The van der Waals surface area contributed by atoms with Gasteiger partial charge in [-0.2, -0.15) is 0 Å². The van der Waals surface area contributed by atoms with Gasteiger partial charge in [0.2, 0.25) is 11.8 Å². The Labute approximate surface area is 231 Å². The lowest BCUT2D eigenvalue weighted by Gasteiger charge is -2.21. The van der Waals surface area contributed by atoms with Gasteiger partial charge in [0.1, 0.15) is 5.03 Å². The molecule has 0 unspecified atom stereocenters. The number of Topliss-reactive ketones (excluding diaryl/α,β-unsaturated/α-hetero) is 1. The van der Waals surface area contributed by atoms with Crippen molar-refractivity contribution in [2.75, 3.05) is 19.4 Å². The van der Waals surface area contributed by atoms with Gasteiger partial charge in [-0.3, -0.25) is 19.2 Å². The average Bonchev–Trinajstić information content (AvgIpc) is 2.88. The molecule has 0 aromatic carbocycles. The maximum Gasteiger partial charge on any atom is 0.331 e. The minimum Gasteiger partial charge on any atom is -0.478 e. The molecule has 0 fully saturated rings. The number of rotatable bonds is 18. The van der Waals surface area contributed by atoms with Crippen molar-refractivity contribution in [1.29, 1.82) is 0 Å². The number of aliphatic carboxylic acids is 1. The van der Waals surface area contributed by atoms with Crippen LogP contribution in [0.25, 0.3) is 0 Å². The summed E-state index contributed by atoms with van der Waals surface area (Å²) in [5.41, 5.74) is -0.266. The van der Waals surface area contributed by atoms with Crippen LogP contribution in [0.15, 0.2) is 40.6 Å². The zero-order valence-corrected chi connectivity index (χ0v) is 23.9. The molecule has 0 saturated carbocycles. The van der Waals surface area contributed by atoms with Gasteiger partial charge < -0.3 is 20.5 Å². The van der Waals surface area contributed by atoms with E-state index in [1.54, 1.807) is 6.20 Å². The van der Waals surface area contributed by atoms with Crippen LogP contribution in [0.2, 0.25) is 0 Å². The van der Waals surface area contributed by atoms with Crippen molar-refractivity contribution in [3.63, 3.8) is 0 Å². The Morgan fingerprint density at radius 3 is 2.42 bits per heavy atom. The van der Waals surface area contributed by atoms with E-state index in [0.29, 0.717) is 31.6 Å². The second kappa shape index (κ2) is 18.4. The fourth-order valence-electron chi connectivity index (χ4n) is 3.30. The fourth-order valence-corrected chi connectivity index (χ4v) is 5.17. The number of carboxylic acid groups (broad SMARTS) is 1. The number of carboxylic acids is 1. The smallest absolute Gasteiger partial charge is 0.331 e. The molecule has 0 radical (unpaired) electrons. The first-order chi connectivity index (χ1) is 18.0. The number of carbonyl (C=O) groups is 5. The van der Waals surface area contributed by atoms with Crippen molar-refractivity contribution in [3.05, 3.63) is 35.5 Å². The molecule has 3 N–H and O–H groups in total. The van der Waals surface area contributed by atoms with E-state index in [-0.39, 0.29) is 48.0 Å². The first-order valence-corrected chi connectivity index (χ1v) is 14.7. The lowest BCUT2D eigenvalue weighted by Crippen LogP contribution is -2.43. The van der Waals surface area contributed by atoms with Gasteiger partial charge in [0.05, 0.1) is 13.2 Å². The minimum absolute atomic E-state index is 0.0733. The molecule has 38 heavy (non-hydrogen) atoms. The summed E-state index contributed by atoms with van der Waals surface area (Å²) in [6, 6.07) is 4.83. The summed E-state index contributed by atoms with van der Waals surface area (Å²) in [6.45, 7) is 5.43. The molecule has 0 saturated heterocycles. The van der Waals surface area contributed by atoms with Gasteiger partial charge in [-0.1, -0.05) is 30.7 Å². The highest BCUT2D eigenvalue weighted by Gasteiger charge is 2.25. The number of ether oxygens (including phenoxy) is 1. The van der Waals surface area contributed by atoms with Crippen molar-refractivity contribution in [2.45, 2.75) is 70.4 Å². The van der Waals surface area contributed by atoms with E-state index < -0.39 is 23.9 Å². The van der Waals surface area contributed by atoms with Crippen LogP contribution in [0, 0.1) is 5.92 Å². The molecule has 0 aliphatic heterocycles. The molecule has 1 aromatic heterocycles. The van der Waals surface area contributed by atoms with Gasteiger partial charge in [-0.05, 0) is 55.0 Å². The lowest BCUT2D eigenvalue weighted by atomic mass is 9.96. The van der Waals surface area contributed by atoms with E-state index in [9.17, 15) is 29.1 Å². The van der Waals surface area contributed by atoms with Crippen LogP contribution in [-0.2, 0) is 28.7 Å². The molecule has 2 amide bonds. The number of amides is 2. The molecular weight excluding hydrogens is 530 g/mol. The maximum absolute atomic E-state index is 12.9. The topological polar surface area (TPSA) is 152 Å². The molecule has 1 rings (SSSR count). The highest BCUT2D eigenvalue weighted by Crippen LogP contribution is 2.29. The Morgan fingerprint density at radius 2 is 1.82 bits per heavy atom. The predicted molar refractivity (Wildman–Crippen MR) is 147 cm³/mol. The third-order valence-corrected chi connectivity index (χ3v) is 7.64. The second-order valence-corrected chi connectivity index (χ2v) is 11.3. The van der Waals surface area contributed by atoms with E-state index >= 15 is 0 Å². The number of pyridine rings is 1. The Bertz CT molecular complexity index is 984. The summed E-state index contributed by atoms with van der Waals surface area (Å²) in [5.74, 6) is -2.15. The van der Waals surface area contributed by atoms with Crippen LogP contribution in [0.1, 0.15) is 59.3 Å². The molecular formula is C26H37N3O7S2. The number of esters is 1. The first-order valence-electron chi connectivity index (χ1n) is 12.4. The van der Waals surface area contributed by atoms with Gasteiger partial charge in [-0.15, -0.1) is 0 Å². The summed E-state index contributed by atoms with van der Waals surface area (Å²) < 4.78 is 4.58. The maximum atomic E-state index is 12.9. The van der Waals surface area contributed by atoms with Gasteiger partial charge >= 0.3 is 11.9 Å². The molecule has 1 heterocycles. The number of nitrogens with one attached hydrogen (secondary N) is 2.